The molecular formula is C10H7Cl2FN2S. The molecule has 0 radical (unpaired) electrons. The molecule has 0 saturated heterocycles. The summed E-state index contributed by atoms with van der Waals surface area (Å²) in [5.74, 6) is 0.0184. The summed E-state index contributed by atoms with van der Waals surface area (Å²) in [5.41, 5.74) is 0.380. The van der Waals surface area contributed by atoms with Gasteiger partial charge in [-0.25, -0.2) is 4.39 Å². The summed E-state index contributed by atoms with van der Waals surface area (Å²) in [7, 11) is 0. The molecule has 0 unspecified atom stereocenters. The van der Waals surface area contributed by atoms with Crippen molar-refractivity contribution in [2.75, 3.05) is 5.88 Å². The van der Waals surface area contributed by atoms with Gasteiger partial charge < -0.3 is 0 Å². The van der Waals surface area contributed by atoms with Gasteiger partial charge in [-0.05, 0) is 12.1 Å². The number of hydrogen-bond donors (Lipinski definition) is 0. The number of hydrogen-bond acceptors (Lipinski definition) is 3. The highest BCUT2D eigenvalue weighted by atomic mass is 35.5. The molecular weight excluding hydrogens is 270 g/mol. The molecule has 16 heavy (non-hydrogen) atoms. The fourth-order valence-corrected chi connectivity index (χ4v) is 2.54. The van der Waals surface area contributed by atoms with Gasteiger partial charge >= 0.3 is 0 Å². The molecule has 0 saturated carbocycles. The van der Waals surface area contributed by atoms with Gasteiger partial charge in [-0.1, -0.05) is 29.0 Å². The Balaban J connectivity index is 2.39. The Morgan fingerprint density at radius 3 is 2.88 bits per heavy atom. The minimum Gasteiger partial charge on any atom is -0.205 e. The average Bonchev–Trinajstić information content (AvgIpc) is 2.71. The Hall–Kier alpha value is -0.710. The van der Waals surface area contributed by atoms with E-state index >= 15 is 0 Å². The van der Waals surface area contributed by atoms with Crippen LogP contribution in [-0.2, 0) is 6.42 Å². The van der Waals surface area contributed by atoms with Crippen molar-refractivity contribution in [3.05, 3.63) is 34.0 Å². The van der Waals surface area contributed by atoms with Crippen molar-refractivity contribution >= 4 is 34.5 Å². The molecule has 2 rings (SSSR count). The Kier molecular flexibility index (Phi) is 3.74. The van der Waals surface area contributed by atoms with Crippen molar-refractivity contribution in [2.45, 2.75) is 6.42 Å². The number of aryl methyl sites for hydroxylation is 1. The van der Waals surface area contributed by atoms with Crippen molar-refractivity contribution in [3.8, 4) is 10.6 Å². The highest BCUT2D eigenvalue weighted by Gasteiger charge is 2.12. The highest BCUT2D eigenvalue weighted by molar-refractivity contribution is 7.14. The Morgan fingerprint density at radius 1 is 1.31 bits per heavy atom. The van der Waals surface area contributed by atoms with Crippen LogP contribution in [0.3, 0.4) is 0 Å². The van der Waals surface area contributed by atoms with Gasteiger partial charge in [-0.3, -0.25) is 0 Å². The maximum absolute atomic E-state index is 13.7. The first-order valence-corrected chi connectivity index (χ1v) is 6.28. The first-order valence-electron chi connectivity index (χ1n) is 4.55. The summed E-state index contributed by atoms with van der Waals surface area (Å²) < 4.78 is 13.7. The first kappa shape index (κ1) is 11.8. The lowest BCUT2D eigenvalue weighted by Crippen LogP contribution is -1.84. The molecule has 2 nitrogen and oxygen atoms in total. The topological polar surface area (TPSA) is 25.8 Å². The smallest absolute Gasteiger partial charge is 0.152 e. The minimum absolute atomic E-state index is 0.0894. The van der Waals surface area contributed by atoms with E-state index in [4.69, 9.17) is 23.2 Å². The summed E-state index contributed by atoms with van der Waals surface area (Å²) in [5, 5.41) is 9.26. The third-order valence-corrected chi connectivity index (χ3v) is 3.45. The molecule has 0 amide bonds. The quantitative estimate of drug-likeness (QED) is 0.798. The maximum Gasteiger partial charge on any atom is 0.152 e. The zero-order valence-electron chi connectivity index (χ0n) is 8.08. The van der Waals surface area contributed by atoms with Crippen LogP contribution in [0.15, 0.2) is 18.2 Å². The Bertz CT molecular complexity index is 501. The van der Waals surface area contributed by atoms with E-state index in [9.17, 15) is 4.39 Å². The number of aromatic nitrogens is 2. The lowest BCUT2D eigenvalue weighted by Gasteiger charge is -1.98. The number of benzene rings is 1. The number of nitrogens with zero attached hydrogens (tertiary/aromatic N) is 2. The van der Waals surface area contributed by atoms with Crippen LogP contribution in [0.25, 0.3) is 10.6 Å². The molecule has 0 fully saturated rings. The molecule has 1 aromatic heterocycles. The molecule has 1 aromatic carbocycles. The van der Waals surface area contributed by atoms with Crippen LogP contribution in [0.1, 0.15) is 5.01 Å². The monoisotopic (exact) mass is 276 g/mol. The molecule has 6 heteroatoms. The zero-order valence-corrected chi connectivity index (χ0v) is 10.4. The van der Waals surface area contributed by atoms with Crippen molar-refractivity contribution in [1.82, 2.24) is 10.2 Å². The number of halogens is 3. The summed E-state index contributed by atoms with van der Waals surface area (Å²) >= 11 is 12.6. The lowest BCUT2D eigenvalue weighted by molar-refractivity contribution is 0.631. The van der Waals surface area contributed by atoms with E-state index in [1.165, 1.54) is 17.4 Å². The number of alkyl halides is 1. The van der Waals surface area contributed by atoms with Gasteiger partial charge in [0.2, 0.25) is 0 Å². The van der Waals surface area contributed by atoms with Crippen LogP contribution < -0.4 is 0 Å². The third-order valence-electron chi connectivity index (χ3n) is 1.96. The van der Waals surface area contributed by atoms with Gasteiger partial charge in [0.25, 0.3) is 0 Å². The van der Waals surface area contributed by atoms with Crippen LogP contribution in [0.4, 0.5) is 4.39 Å². The molecule has 0 spiro atoms. The van der Waals surface area contributed by atoms with E-state index in [1.807, 2.05) is 0 Å². The van der Waals surface area contributed by atoms with Crippen LogP contribution in [0, 0.1) is 5.82 Å². The molecule has 0 aliphatic rings. The molecule has 1 heterocycles. The van der Waals surface area contributed by atoms with Gasteiger partial charge in [0.1, 0.15) is 5.01 Å². The number of rotatable bonds is 3. The normalized spacial score (nSPS) is 10.7. The van der Waals surface area contributed by atoms with Gasteiger partial charge in [-0.15, -0.1) is 21.8 Å². The molecule has 0 bridgehead atoms. The van der Waals surface area contributed by atoms with Crippen LogP contribution in [-0.4, -0.2) is 16.1 Å². The predicted octanol–water partition coefficient (Wildman–Crippen LogP) is 3.78. The second-order valence-electron chi connectivity index (χ2n) is 3.04. The van der Waals surface area contributed by atoms with Gasteiger partial charge in [-0.2, -0.15) is 0 Å². The SMILES string of the molecule is Fc1c(Cl)cccc1-c1nnc(CCCl)s1. The van der Waals surface area contributed by atoms with E-state index in [-0.39, 0.29) is 5.02 Å². The van der Waals surface area contributed by atoms with Crippen molar-refractivity contribution in [2.24, 2.45) is 0 Å². The Labute approximate surface area is 106 Å². The van der Waals surface area contributed by atoms with E-state index in [0.717, 1.165) is 5.01 Å². The lowest BCUT2D eigenvalue weighted by atomic mass is 10.2. The highest BCUT2D eigenvalue weighted by Crippen LogP contribution is 2.29. The largest absolute Gasteiger partial charge is 0.205 e. The maximum atomic E-state index is 13.7. The zero-order chi connectivity index (χ0) is 11.5. The van der Waals surface area contributed by atoms with Gasteiger partial charge in [0.15, 0.2) is 10.8 Å². The van der Waals surface area contributed by atoms with E-state index in [2.05, 4.69) is 10.2 Å². The van der Waals surface area contributed by atoms with Gasteiger partial charge in [0.05, 0.1) is 5.02 Å². The Morgan fingerprint density at radius 2 is 2.12 bits per heavy atom. The first-order chi connectivity index (χ1) is 7.72. The van der Waals surface area contributed by atoms with Crippen LogP contribution in [0.2, 0.25) is 5.02 Å². The van der Waals surface area contributed by atoms with Crippen molar-refractivity contribution in [3.63, 3.8) is 0 Å². The second-order valence-corrected chi connectivity index (χ2v) is 4.89. The summed E-state index contributed by atoms with van der Waals surface area (Å²) in [4.78, 5) is 0. The molecule has 0 N–H and O–H groups in total. The average molecular weight is 277 g/mol. The van der Waals surface area contributed by atoms with Crippen LogP contribution >= 0.6 is 34.5 Å². The molecule has 0 atom stereocenters. The summed E-state index contributed by atoms with van der Waals surface area (Å²) in [6.45, 7) is 0. The predicted molar refractivity (Wildman–Crippen MR) is 64.7 cm³/mol. The molecule has 0 aliphatic heterocycles. The summed E-state index contributed by atoms with van der Waals surface area (Å²) in [6, 6.07) is 4.82. The van der Waals surface area contributed by atoms with Crippen molar-refractivity contribution in [1.29, 1.82) is 0 Å². The van der Waals surface area contributed by atoms with Gasteiger partial charge in [0, 0.05) is 17.9 Å². The fourth-order valence-electron chi connectivity index (χ4n) is 1.21. The van der Waals surface area contributed by atoms with E-state index in [1.54, 1.807) is 12.1 Å². The minimum atomic E-state index is -0.460. The molecule has 84 valence electrons. The molecule has 0 aliphatic carbocycles. The standard InChI is InChI=1S/C10H7Cl2FN2S/c11-5-4-8-14-15-10(16-8)6-2-1-3-7(12)9(6)13/h1-3H,4-5H2. The van der Waals surface area contributed by atoms with E-state index in [0.29, 0.717) is 22.9 Å². The molecule has 2 aromatic rings. The van der Waals surface area contributed by atoms with E-state index < -0.39 is 5.82 Å². The van der Waals surface area contributed by atoms with Crippen LogP contribution in [0.5, 0.6) is 0 Å². The van der Waals surface area contributed by atoms with Crippen molar-refractivity contribution < 1.29 is 4.39 Å². The second kappa shape index (κ2) is 5.08. The summed E-state index contributed by atoms with van der Waals surface area (Å²) in [6.07, 6.45) is 0.640. The fraction of sp³-hybridized carbons (Fsp3) is 0.200. The third kappa shape index (κ3) is 2.34.